The molecule has 0 saturated carbocycles. The molecule has 2 rings (SSSR count). The Bertz CT molecular complexity index is 231. The van der Waals surface area contributed by atoms with Crippen molar-refractivity contribution in [1.29, 1.82) is 0 Å². The molecule has 1 aliphatic carbocycles. The molecule has 1 fully saturated rings. The van der Waals surface area contributed by atoms with E-state index in [1.165, 1.54) is 38.5 Å². The van der Waals surface area contributed by atoms with Gasteiger partial charge in [-0.15, -0.1) is 0 Å². The van der Waals surface area contributed by atoms with Crippen molar-refractivity contribution in [2.24, 2.45) is 0 Å². The van der Waals surface area contributed by atoms with Crippen molar-refractivity contribution in [2.75, 3.05) is 6.54 Å². The molecular formula is C14H24FN. The molecule has 2 unspecified atom stereocenters. The first-order valence-corrected chi connectivity index (χ1v) is 6.94. The Morgan fingerprint density at radius 1 is 1.12 bits per heavy atom. The van der Waals surface area contributed by atoms with E-state index < -0.39 is 6.17 Å². The number of piperidine rings is 1. The number of nitrogens with one attached hydrogen (secondary N) is 1. The van der Waals surface area contributed by atoms with Gasteiger partial charge in [0.25, 0.3) is 0 Å². The van der Waals surface area contributed by atoms with Gasteiger partial charge >= 0.3 is 0 Å². The van der Waals surface area contributed by atoms with E-state index in [0.717, 1.165) is 31.4 Å². The molecule has 0 radical (unpaired) electrons. The highest BCUT2D eigenvalue weighted by Crippen LogP contribution is 2.25. The van der Waals surface area contributed by atoms with Gasteiger partial charge in [-0.05, 0) is 50.6 Å². The van der Waals surface area contributed by atoms with Gasteiger partial charge in [-0.3, -0.25) is 0 Å². The molecule has 1 nitrogen and oxygen atoms in total. The molecule has 1 aliphatic heterocycles. The Hall–Kier alpha value is -0.370. The lowest BCUT2D eigenvalue weighted by Crippen LogP contribution is -2.42. The summed E-state index contributed by atoms with van der Waals surface area (Å²) < 4.78 is 14.4. The minimum absolute atomic E-state index is 0.0967. The van der Waals surface area contributed by atoms with Crippen LogP contribution in [0.15, 0.2) is 11.6 Å². The summed E-state index contributed by atoms with van der Waals surface area (Å²) in [7, 11) is 0. The maximum absolute atomic E-state index is 14.4. The Balaban J connectivity index is 1.92. The highest BCUT2D eigenvalue weighted by molar-refractivity contribution is 5.12. The van der Waals surface area contributed by atoms with E-state index in [9.17, 15) is 4.39 Å². The molecule has 0 aromatic carbocycles. The Labute approximate surface area is 98.5 Å². The molecule has 92 valence electrons. The van der Waals surface area contributed by atoms with Crippen LogP contribution in [-0.4, -0.2) is 18.8 Å². The minimum Gasteiger partial charge on any atom is -0.311 e. The average molecular weight is 225 g/mol. The van der Waals surface area contributed by atoms with Gasteiger partial charge in [0, 0.05) is 6.04 Å². The van der Waals surface area contributed by atoms with E-state index in [1.54, 1.807) is 0 Å². The molecule has 1 saturated heterocycles. The second kappa shape index (κ2) is 6.39. The van der Waals surface area contributed by atoms with Crippen LogP contribution in [0.1, 0.15) is 57.8 Å². The van der Waals surface area contributed by atoms with E-state index >= 15 is 0 Å². The van der Waals surface area contributed by atoms with E-state index in [0.29, 0.717) is 0 Å². The van der Waals surface area contributed by atoms with E-state index in [2.05, 4.69) is 11.4 Å². The Morgan fingerprint density at radius 3 is 2.81 bits per heavy atom. The smallest absolute Gasteiger partial charge is 0.136 e. The SMILES string of the molecule is FC(C1=CCCCCCC1)C1CCCCN1. The summed E-state index contributed by atoms with van der Waals surface area (Å²) in [5, 5.41) is 3.34. The van der Waals surface area contributed by atoms with Gasteiger partial charge < -0.3 is 5.32 Å². The van der Waals surface area contributed by atoms with E-state index in [-0.39, 0.29) is 6.04 Å². The second-order valence-corrected chi connectivity index (χ2v) is 5.19. The quantitative estimate of drug-likeness (QED) is 0.706. The fourth-order valence-corrected chi connectivity index (χ4v) is 2.85. The molecule has 0 amide bonds. The van der Waals surface area contributed by atoms with Gasteiger partial charge in [0.1, 0.15) is 6.17 Å². The third kappa shape index (κ3) is 3.31. The lowest BCUT2D eigenvalue weighted by Gasteiger charge is -2.28. The van der Waals surface area contributed by atoms with Gasteiger partial charge in [-0.2, -0.15) is 0 Å². The molecule has 0 aromatic heterocycles. The number of halogens is 1. The first-order valence-electron chi connectivity index (χ1n) is 6.94. The summed E-state index contributed by atoms with van der Waals surface area (Å²) >= 11 is 0. The number of alkyl halides is 1. The fourth-order valence-electron chi connectivity index (χ4n) is 2.85. The van der Waals surface area contributed by atoms with Crippen LogP contribution in [0, 0.1) is 0 Å². The predicted octanol–water partition coefficient (Wildman–Crippen LogP) is 3.75. The monoisotopic (exact) mass is 225 g/mol. The van der Waals surface area contributed by atoms with Crippen LogP contribution in [-0.2, 0) is 0 Å². The lowest BCUT2D eigenvalue weighted by molar-refractivity contribution is 0.243. The molecule has 1 N–H and O–H groups in total. The fraction of sp³-hybridized carbons (Fsp3) is 0.857. The largest absolute Gasteiger partial charge is 0.311 e. The molecule has 2 aliphatic rings. The number of hydrogen-bond donors (Lipinski definition) is 1. The van der Waals surface area contributed by atoms with Crippen LogP contribution in [0.5, 0.6) is 0 Å². The summed E-state index contributed by atoms with van der Waals surface area (Å²) in [5.74, 6) is 0. The number of rotatable bonds is 2. The molecule has 0 bridgehead atoms. The number of hydrogen-bond acceptors (Lipinski definition) is 1. The van der Waals surface area contributed by atoms with Crippen LogP contribution in [0.4, 0.5) is 4.39 Å². The lowest BCUT2D eigenvalue weighted by atomic mass is 9.90. The highest BCUT2D eigenvalue weighted by Gasteiger charge is 2.25. The molecule has 0 spiro atoms. The van der Waals surface area contributed by atoms with Crippen molar-refractivity contribution in [3.63, 3.8) is 0 Å². The third-order valence-corrected chi connectivity index (χ3v) is 3.88. The summed E-state index contributed by atoms with van der Waals surface area (Å²) in [4.78, 5) is 0. The maximum atomic E-state index is 14.4. The topological polar surface area (TPSA) is 12.0 Å². The van der Waals surface area contributed by atoms with E-state index in [4.69, 9.17) is 0 Å². The summed E-state index contributed by atoms with van der Waals surface area (Å²) in [6.07, 6.45) is 12.0. The Morgan fingerprint density at radius 2 is 2.00 bits per heavy atom. The van der Waals surface area contributed by atoms with Gasteiger partial charge in [-0.25, -0.2) is 4.39 Å². The first-order chi connectivity index (χ1) is 7.88. The molecular weight excluding hydrogens is 201 g/mol. The number of allylic oxidation sites excluding steroid dienone is 1. The van der Waals surface area contributed by atoms with Gasteiger partial charge in [-0.1, -0.05) is 25.3 Å². The molecule has 0 aromatic rings. The minimum atomic E-state index is -0.724. The maximum Gasteiger partial charge on any atom is 0.136 e. The average Bonchev–Trinajstić information content (AvgIpc) is 2.29. The van der Waals surface area contributed by atoms with Crippen LogP contribution in [0.25, 0.3) is 0 Å². The second-order valence-electron chi connectivity index (χ2n) is 5.19. The van der Waals surface area contributed by atoms with Crippen molar-refractivity contribution in [2.45, 2.75) is 70.0 Å². The molecule has 16 heavy (non-hydrogen) atoms. The van der Waals surface area contributed by atoms with Crippen molar-refractivity contribution in [1.82, 2.24) is 5.32 Å². The van der Waals surface area contributed by atoms with Gasteiger partial charge in [0.05, 0.1) is 0 Å². The standard InChI is InChI=1S/C14H24FN/c15-14(13-10-6-7-11-16-13)12-8-4-2-1-3-5-9-12/h8,13-14,16H,1-7,9-11H2. The third-order valence-electron chi connectivity index (χ3n) is 3.88. The summed E-state index contributed by atoms with van der Waals surface area (Å²) in [6, 6.07) is 0.0967. The van der Waals surface area contributed by atoms with Gasteiger partial charge in [0.15, 0.2) is 0 Å². The molecule has 1 heterocycles. The van der Waals surface area contributed by atoms with Crippen molar-refractivity contribution < 1.29 is 4.39 Å². The Kier molecular flexibility index (Phi) is 4.83. The zero-order chi connectivity index (χ0) is 11.2. The predicted molar refractivity (Wildman–Crippen MR) is 66.3 cm³/mol. The first kappa shape index (κ1) is 12.1. The van der Waals surface area contributed by atoms with Crippen LogP contribution in [0.3, 0.4) is 0 Å². The van der Waals surface area contributed by atoms with Crippen LogP contribution >= 0.6 is 0 Å². The summed E-state index contributed by atoms with van der Waals surface area (Å²) in [5.41, 5.74) is 1.08. The van der Waals surface area contributed by atoms with Gasteiger partial charge in [0.2, 0.25) is 0 Å². The van der Waals surface area contributed by atoms with Crippen molar-refractivity contribution in [3.8, 4) is 0 Å². The molecule has 2 heteroatoms. The normalized spacial score (nSPS) is 30.1. The van der Waals surface area contributed by atoms with Crippen LogP contribution in [0.2, 0.25) is 0 Å². The zero-order valence-electron chi connectivity index (χ0n) is 10.2. The zero-order valence-corrected chi connectivity index (χ0v) is 10.2. The highest BCUT2D eigenvalue weighted by atomic mass is 19.1. The van der Waals surface area contributed by atoms with Crippen LogP contribution < -0.4 is 5.32 Å². The van der Waals surface area contributed by atoms with Crippen molar-refractivity contribution >= 4 is 0 Å². The molecule has 2 atom stereocenters. The van der Waals surface area contributed by atoms with E-state index in [1.807, 2.05) is 0 Å². The van der Waals surface area contributed by atoms with Crippen molar-refractivity contribution in [3.05, 3.63) is 11.6 Å². The summed E-state index contributed by atoms with van der Waals surface area (Å²) in [6.45, 7) is 0.998.